The van der Waals surface area contributed by atoms with Crippen molar-refractivity contribution in [2.75, 3.05) is 20.7 Å². The highest BCUT2D eigenvalue weighted by atomic mass is 32.2. The van der Waals surface area contributed by atoms with Gasteiger partial charge in [0.25, 0.3) is 0 Å². The summed E-state index contributed by atoms with van der Waals surface area (Å²) in [5, 5.41) is 0. The quantitative estimate of drug-likeness (QED) is 0.590. The summed E-state index contributed by atoms with van der Waals surface area (Å²) in [6, 6.07) is 6.05. The van der Waals surface area contributed by atoms with Crippen LogP contribution in [0.1, 0.15) is 18.4 Å². The number of ether oxygens (including phenoxy) is 1. The molecule has 0 aliphatic carbocycles. The van der Waals surface area contributed by atoms with Crippen LogP contribution in [0.2, 0.25) is 0 Å². The van der Waals surface area contributed by atoms with Gasteiger partial charge in [-0.3, -0.25) is 4.79 Å². The molecule has 116 valence electrons. The average molecular weight is 330 g/mol. The van der Waals surface area contributed by atoms with E-state index < -0.39 is 10.0 Å². The molecule has 1 aromatic carbocycles. The minimum absolute atomic E-state index is 0.156. The Balaban J connectivity index is 2.75. The van der Waals surface area contributed by atoms with Crippen LogP contribution in [0.15, 0.2) is 29.2 Å². The smallest absolute Gasteiger partial charge is 0.305 e. The van der Waals surface area contributed by atoms with Crippen LogP contribution in [-0.2, 0) is 19.6 Å². The van der Waals surface area contributed by atoms with Gasteiger partial charge in [-0.05, 0) is 18.6 Å². The van der Waals surface area contributed by atoms with Gasteiger partial charge in [-0.15, -0.1) is 0 Å². The molecule has 0 atom stereocenters. The Morgan fingerprint density at radius 1 is 1.33 bits per heavy atom. The summed E-state index contributed by atoms with van der Waals surface area (Å²) in [4.78, 5) is 11.4. The minimum atomic E-state index is -3.59. The van der Waals surface area contributed by atoms with Crippen LogP contribution in [0.25, 0.3) is 0 Å². The van der Waals surface area contributed by atoms with Gasteiger partial charge in [-0.1, -0.05) is 24.4 Å². The number of hydrogen-bond acceptors (Lipinski definition) is 5. The van der Waals surface area contributed by atoms with Gasteiger partial charge in [-0.25, -0.2) is 12.7 Å². The summed E-state index contributed by atoms with van der Waals surface area (Å²) in [6.07, 6.45) is 0.574. The van der Waals surface area contributed by atoms with E-state index in [2.05, 4.69) is 4.74 Å². The molecule has 0 saturated heterocycles. The second-order valence-electron chi connectivity index (χ2n) is 4.39. The van der Waals surface area contributed by atoms with Crippen LogP contribution in [0.4, 0.5) is 0 Å². The zero-order valence-electron chi connectivity index (χ0n) is 11.9. The maximum atomic E-state index is 12.3. The van der Waals surface area contributed by atoms with Crippen LogP contribution in [0.5, 0.6) is 0 Å². The second-order valence-corrected chi connectivity index (χ2v) is 6.88. The summed E-state index contributed by atoms with van der Waals surface area (Å²) < 4.78 is 30.3. The molecule has 8 heteroatoms. The van der Waals surface area contributed by atoms with Crippen LogP contribution in [0, 0.1) is 0 Å². The van der Waals surface area contributed by atoms with E-state index in [0.717, 1.165) is 0 Å². The SMILES string of the molecule is COC(=O)CCCN(C)S(=O)(=O)c1ccc(C(N)=S)cc1. The predicted octanol–water partition coefficient (Wildman–Crippen LogP) is 0.894. The number of methoxy groups -OCH3 is 1. The minimum Gasteiger partial charge on any atom is -0.469 e. The van der Waals surface area contributed by atoms with E-state index in [-0.39, 0.29) is 28.8 Å². The maximum absolute atomic E-state index is 12.3. The molecular formula is C13H18N2O4S2. The van der Waals surface area contributed by atoms with E-state index in [1.807, 2.05) is 0 Å². The third kappa shape index (κ3) is 4.76. The van der Waals surface area contributed by atoms with Gasteiger partial charge in [0.15, 0.2) is 0 Å². The van der Waals surface area contributed by atoms with Crippen molar-refractivity contribution in [2.45, 2.75) is 17.7 Å². The molecule has 0 bridgehead atoms. The van der Waals surface area contributed by atoms with Gasteiger partial charge >= 0.3 is 5.97 Å². The molecule has 0 unspecified atom stereocenters. The number of sulfonamides is 1. The van der Waals surface area contributed by atoms with E-state index in [1.54, 1.807) is 12.1 Å². The summed E-state index contributed by atoms with van der Waals surface area (Å²) in [5.41, 5.74) is 6.08. The molecular weight excluding hydrogens is 312 g/mol. The predicted molar refractivity (Wildman–Crippen MR) is 83.4 cm³/mol. The van der Waals surface area contributed by atoms with E-state index in [0.29, 0.717) is 12.0 Å². The molecule has 21 heavy (non-hydrogen) atoms. The maximum Gasteiger partial charge on any atom is 0.305 e. The van der Waals surface area contributed by atoms with Crippen molar-refractivity contribution in [3.63, 3.8) is 0 Å². The number of rotatable bonds is 7. The fourth-order valence-electron chi connectivity index (χ4n) is 1.64. The number of carbonyl (C=O) groups excluding carboxylic acids is 1. The van der Waals surface area contributed by atoms with Gasteiger partial charge in [0.05, 0.1) is 12.0 Å². The van der Waals surface area contributed by atoms with Gasteiger partial charge in [0.2, 0.25) is 10.0 Å². The normalized spacial score (nSPS) is 11.4. The molecule has 0 aliphatic heterocycles. The third-order valence-corrected chi connectivity index (χ3v) is 5.04. The van der Waals surface area contributed by atoms with Gasteiger partial charge in [-0.2, -0.15) is 0 Å². The second kappa shape index (κ2) is 7.48. The fourth-order valence-corrected chi connectivity index (χ4v) is 2.98. The number of thiocarbonyl (C=S) groups is 1. The lowest BCUT2D eigenvalue weighted by Crippen LogP contribution is -2.28. The van der Waals surface area contributed by atoms with Crippen molar-refractivity contribution in [3.05, 3.63) is 29.8 Å². The van der Waals surface area contributed by atoms with Gasteiger partial charge in [0.1, 0.15) is 4.99 Å². The highest BCUT2D eigenvalue weighted by Crippen LogP contribution is 2.15. The standard InChI is InChI=1S/C13H18N2O4S2/c1-15(9-3-4-12(16)19-2)21(17,18)11-7-5-10(6-8-11)13(14)20/h5-8H,3-4,9H2,1-2H3,(H2,14,20). The molecule has 2 N–H and O–H groups in total. The first-order valence-electron chi connectivity index (χ1n) is 6.22. The molecule has 0 aliphatic rings. The largest absolute Gasteiger partial charge is 0.469 e. The first-order chi connectivity index (χ1) is 9.78. The first-order valence-corrected chi connectivity index (χ1v) is 8.07. The molecule has 6 nitrogen and oxygen atoms in total. The number of carbonyl (C=O) groups is 1. The van der Waals surface area contributed by atoms with Crippen molar-refractivity contribution in [3.8, 4) is 0 Å². The Kier molecular flexibility index (Phi) is 6.25. The summed E-state index contributed by atoms with van der Waals surface area (Å²) in [7, 11) is -0.825. The van der Waals surface area contributed by atoms with Crippen LogP contribution in [-0.4, -0.2) is 44.4 Å². The summed E-state index contributed by atoms with van der Waals surface area (Å²) in [5.74, 6) is -0.360. The van der Waals surface area contributed by atoms with Gasteiger partial charge in [0, 0.05) is 25.6 Å². The van der Waals surface area contributed by atoms with Gasteiger partial charge < -0.3 is 10.5 Å². The summed E-state index contributed by atoms with van der Waals surface area (Å²) in [6.45, 7) is 0.231. The fraction of sp³-hybridized carbons (Fsp3) is 0.385. The van der Waals surface area contributed by atoms with Crippen molar-refractivity contribution in [1.82, 2.24) is 4.31 Å². The molecule has 0 heterocycles. The van der Waals surface area contributed by atoms with Crippen molar-refractivity contribution in [2.24, 2.45) is 5.73 Å². The Morgan fingerprint density at radius 3 is 2.38 bits per heavy atom. The lowest BCUT2D eigenvalue weighted by molar-refractivity contribution is -0.140. The number of esters is 1. The molecule has 0 fully saturated rings. The zero-order valence-corrected chi connectivity index (χ0v) is 13.5. The van der Waals surface area contributed by atoms with Crippen molar-refractivity contribution >= 4 is 33.2 Å². The van der Waals surface area contributed by atoms with Crippen LogP contribution in [0.3, 0.4) is 0 Å². The van der Waals surface area contributed by atoms with Crippen LogP contribution >= 0.6 is 12.2 Å². The van der Waals surface area contributed by atoms with E-state index >= 15 is 0 Å². The highest BCUT2D eigenvalue weighted by Gasteiger charge is 2.20. The molecule has 0 amide bonds. The Morgan fingerprint density at radius 2 is 1.90 bits per heavy atom. The Bertz CT molecular complexity index is 612. The molecule has 0 spiro atoms. The van der Waals surface area contributed by atoms with E-state index in [1.165, 1.54) is 30.6 Å². The monoisotopic (exact) mass is 330 g/mol. The highest BCUT2D eigenvalue weighted by molar-refractivity contribution is 7.89. The van der Waals surface area contributed by atoms with E-state index in [4.69, 9.17) is 18.0 Å². The van der Waals surface area contributed by atoms with Crippen molar-refractivity contribution < 1.29 is 17.9 Å². The van der Waals surface area contributed by atoms with Crippen molar-refractivity contribution in [1.29, 1.82) is 0 Å². The number of benzene rings is 1. The molecule has 0 saturated carbocycles. The van der Waals surface area contributed by atoms with E-state index in [9.17, 15) is 13.2 Å². The topological polar surface area (TPSA) is 89.7 Å². The Labute approximate surface area is 129 Å². The molecule has 0 aromatic heterocycles. The lowest BCUT2D eigenvalue weighted by Gasteiger charge is -2.17. The number of nitrogens with zero attached hydrogens (tertiary/aromatic N) is 1. The zero-order chi connectivity index (χ0) is 16.0. The first kappa shape index (κ1) is 17.5. The number of nitrogens with two attached hydrogens (primary N) is 1. The molecule has 1 rings (SSSR count). The Hall–Kier alpha value is -1.51. The molecule has 0 radical (unpaired) electrons. The third-order valence-electron chi connectivity index (χ3n) is 2.93. The number of hydrogen-bond donors (Lipinski definition) is 1. The average Bonchev–Trinajstić information content (AvgIpc) is 2.46. The lowest BCUT2D eigenvalue weighted by atomic mass is 10.2. The molecule has 1 aromatic rings. The summed E-state index contributed by atoms with van der Waals surface area (Å²) >= 11 is 4.82. The van der Waals surface area contributed by atoms with Crippen LogP contribution < -0.4 is 5.73 Å².